The van der Waals surface area contributed by atoms with Crippen molar-refractivity contribution in [2.24, 2.45) is 0 Å². The van der Waals surface area contributed by atoms with Crippen LogP contribution in [0.25, 0.3) is 21.5 Å². The Labute approximate surface area is 225 Å². The third kappa shape index (κ3) is 3.42. The molecule has 4 aromatic carbocycles. The molecule has 4 heteroatoms. The number of benzene rings is 4. The average Bonchev–Trinajstić information content (AvgIpc) is 2.93. The van der Waals surface area contributed by atoms with E-state index in [4.69, 9.17) is 9.47 Å². The lowest BCUT2D eigenvalue weighted by molar-refractivity contribution is 0.0553. The van der Waals surface area contributed by atoms with E-state index in [1.165, 1.54) is 80.3 Å². The highest BCUT2D eigenvalue weighted by Gasteiger charge is 2.32. The van der Waals surface area contributed by atoms with Crippen LogP contribution in [0.2, 0.25) is 0 Å². The zero-order valence-corrected chi connectivity index (χ0v) is 24.2. The molecule has 0 unspecified atom stereocenters. The monoisotopic (exact) mass is 508 g/mol. The Hall–Kier alpha value is -3.66. The van der Waals surface area contributed by atoms with E-state index in [9.17, 15) is 9.59 Å². The maximum Gasteiger partial charge on any atom is 0.339 e. The molecular formula is C34H36O4. The van der Waals surface area contributed by atoms with Crippen molar-refractivity contribution in [3.8, 4) is 0 Å². The van der Waals surface area contributed by atoms with E-state index in [2.05, 4.69) is 53.7 Å². The molecule has 0 saturated carbocycles. The van der Waals surface area contributed by atoms with E-state index in [0.29, 0.717) is 24.0 Å². The SMILES string of the molecule is COC(=O)c1c(C)c2c(c(C)c1C(=O)OC)Cc1c(c(C)c3cc4c(C)c(C)c(C)c(C)c4cc3c1C)C2. The lowest BCUT2D eigenvalue weighted by atomic mass is 9.74. The summed E-state index contributed by atoms with van der Waals surface area (Å²) in [4.78, 5) is 25.7. The maximum absolute atomic E-state index is 12.9. The molecule has 0 N–H and O–H groups in total. The standard InChI is InChI=1S/C34H36O4/c1-15-16(2)18(4)24-12-26-20(6)28-14-30-22(8)32(34(36)38-10)31(33(35)37-9)21(7)29(30)13-27(28)19(5)25(26)11-23(24)17(15)3/h11-12H,13-14H2,1-10H3. The molecule has 0 amide bonds. The summed E-state index contributed by atoms with van der Waals surface area (Å²) >= 11 is 0. The van der Waals surface area contributed by atoms with Crippen molar-refractivity contribution in [1.29, 1.82) is 0 Å². The highest BCUT2D eigenvalue weighted by molar-refractivity contribution is 6.07. The molecule has 4 aromatic rings. The van der Waals surface area contributed by atoms with Gasteiger partial charge in [-0.1, -0.05) is 0 Å². The van der Waals surface area contributed by atoms with Crippen LogP contribution in [-0.2, 0) is 22.3 Å². The fourth-order valence-electron chi connectivity index (χ4n) is 6.74. The number of fused-ring (bicyclic) bond motifs is 4. The van der Waals surface area contributed by atoms with Gasteiger partial charge in [0.05, 0.1) is 25.3 Å². The fraction of sp³-hybridized carbons (Fsp3) is 0.353. The lowest BCUT2D eigenvalue weighted by Gasteiger charge is -2.30. The quantitative estimate of drug-likeness (QED) is 0.183. The summed E-state index contributed by atoms with van der Waals surface area (Å²) in [5.41, 5.74) is 15.1. The molecule has 0 saturated heterocycles. The van der Waals surface area contributed by atoms with Gasteiger partial charge >= 0.3 is 11.9 Å². The average molecular weight is 509 g/mol. The normalized spacial score (nSPS) is 12.5. The van der Waals surface area contributed by atoms with Crippen LogP contribution in [-0.4, -0.2) is 26.2 Å². The first-order valence-electron chi connectivity index (χ1n) is 13.2. The Morgan fingerprint density at radius 3 is 1.08 bits per heavy atom. The van der Waals surface area contributed by atoms with E-state index < -0.39 is 11.9 Å². The Morgan fingerprint density at radius 2 is 0.763 bits per heavy atom. The summed E-state index contributed by atoms with van der Waals surface area (Å²) in [5.74, 6) is -1.01. The molecule has 196 valence electrons. The highest BCUT2D eigenvalue weighted by atomic mass is 16.5. The van der Waals surface area contributed by atoms with Gasteiger partial charge in [0, 0.05) is 0 Å². The molecule has 0 heterocycles. The summed E-state index contributed by atoms with van der Waals surface area (Å²) in [5, 5.41) is 5.22. The van der Waals surface area contributed by atoms with Crippen LogP contribution in [0.15, 0.2) is 12.1 Å². The second-order valence-corrected chi connectivity index (χ2v) is 10.9. The predicted molar refractivity (Wildman–Crippen MR) is 154 cm³/mol. The molecule has 0 radical (unpaired) electrons. The van der Waals surface area contributed by atoms with Crippen LogP contribution in [0.4, 0.5) is 0 Å². The largest absolute Gasteiger partial charge is 0.465 e. The smallest absolute Gasteiger partial charge is 0.339 e. The molecule has 0 aliphatic heterocycles. The Morgan fingerprint density at radius 1 is 0.474 bits per heavy atom. The van der Waals surface area contributed by atoms with Gasteiger partial charge < -0.3 is 9.47 Å². The zero-order valence-electron chi connectivity index (χ0n) is 24.2. The molecule has 1 aliphatic carbocycles. The maximum atomic E-state index is 12.9. The first-order valence-corrected chi connectivity index (χ1v) is 13.2. The van der Waals surface area contributed by atoms with Gasteiger partial charge in [-0.3, -0.25) is 0 Å². The van der Waals surface area contributed by atoms with E-state index in [1.807, 2.05) is 13.8 Å². The highest BCUT2D eigenvalue weighted by Crippen LogP contribution is 2.43. The number of esters is 2. The molecule has 38 heavy (non-hydrogen) atoms. The van der Waals surface area contributed by atoms with Gasteiger partial charge in [0.2, 0.25) is 0 Å². The van der Waals surface area contributed by atoms with Crippen LogP contribution in [0.3, 0.4) is 0 Å². The second kappa shape index (κ2) is 8.97. The van der Waals surface area contributed by atoms with Gasteiger partial charge in [0.15, 0.2) is 0 Å². The minimum absolute atomic E-state index is 0.317. The van der Waals surface area contributed by atoms with Crippen molar-refractivity contribution in [2.75, 3.05) is 14.2 Å². The number of ether oxygens (including phenoxy) is 2. The van der Waals surface area contributed by atoms with Gasteiger partial charge in [0.1, 0.15) is 0 Å². The van der Waals surface area contributed by atoms with E-state index in [0.717, 1.165) is 22.3 Å². The first kappa shape index (κ1) is 26.0. The van der Waals surface area contributed by atoms with Gasteiger partial charge in [-0.2, -0.15) is 0 Å². The summed E-state index contributed by atoms with van der Waals surface area (Å²) in [6.45, 7) is 17.2. The van der Waals surface area contributed by atoms with Crippen molar-refractivity contribution >= 4 is 33.5 Å². The lowest BCUT2D eigenvalue weighted by Crippen LogP contribution is -2.22. The summed E-state index contributed by atoms with van der Waals surface area (Å²) in [6, 6.07) is 4.77. The molecule has 0 atom stereocenters. The number of aryl methyl sites for hydroxylation is 4. The number of carbonyl (C=O) groups excluding carboxylic acids is 2. The minimum atomic E-state index is -0.506. The molecule has 5 rings (SSSR count). The van der Waals surface area contributed by atoms with Gasteiger partial charge in [-0.25, -0.2) is 9.59 Å². The molecule has 0 fully saturated rings. The summed E-state index contributed by atoms with van der Waals surface area (Å²) in [6.07, 6.45) is 1.43. The Bertz CT molecular complexity index is 1610. The van der Waals surface area contributed by atoms with Gasteiger partial charge in [-0.05, 0) is 169 Å². The Kier molecular flexibility index (Phi) is 6.13. The first-order chi connectivity index (χ1) is 17.9. The number of rotatable bonds is 2. The number of hydrogen-bond donors (Lipinski definition) is 0. The topological polar surface area (TPSA) is 52.6 Å². The van der Waals surface area contributed by atoms with Gasteiger partial charge in [0.25, 0.3) is 0 Å². The Balaban J connectivity index is 1.84. The van der Waals surface area contributed by atoms with Crippen molar-refractivity contribution in [3.05, 3.63) is 90.0 Å². The second-order valence-electron chi connectivity index (χ2n) is 10.9. The number of methoxy groups -OCH3 is 2. The van der Waals surface area contributed by atoms with Crippen LogP contribution in [0.5, 0.6) is 0 Å². The van der Waals surface area contributed by atoms with E-state index in [1.54, 1.807) is 0 Å². The van der Waals surface area contributed by atoms with Crippen molar-refractivity contribution < 1.29 is 19.1 Å². The molecule has 0 bridgehead atoms. The van der Waals surface area contributed by atoms with E-state index >= 15 is 0 Å². The summed E-state index contributed by atoms with van der Waals surface area (Å²) in [7, 11) is 2.70. The van der Waals surface area contributed by atoms with Crippen LogP contribution in [0.1, 0.15) is 87.5 Å². The van der Waals surface area contributed by atoms with Crippen molar-refractivity contribution in [1.82, 2.24) is 0 Å². The molecule has 0 aromatic heterocycles. The number of carbonyl (C=O) groups is 2. The van der Waals surface area contributed by atoms with Crippen molar-refractivity contribution in [2.45, 2.75) is 68.2 Å². The van der Waals surface area contributed by atoms with Gasteiger partial charge in [-0.15, -0.1) is 0 Å². The minimum Gasteiger partial charge on any atom is -0.465 e. The van der Waals surface area contributed by atoms with Crippen LogP contribution < -0.4 is 0 Å². The van der Waals surface area contributed by atoms with E-state index in [-0.39, 0.29) is 0 Å². The molecular weight excluding hydrogens is 472 g/mol. The fourth-order valence-corrected chi connectivity index (χ4v) is 6.74. The molecule has 0 spiro atoms. The third-order valence-electron chi connectivity index (χ3n) is 9.49. The molecule has 1 aliphatic rings. The summed E-state index contributed by atoms with van der Waals surface area (Å²) < 4.78 is 10.2. The third-order valence-corrected chi connectivity index (χ3v) is 9.49. The molecule has 4 nitrogen and oxygen atoms in total. The van der Waals surface area contributed by atoms with Crippen LogP contribution in [0, 0.1) is 55.4 Å². The number of hydrogen-bond acceptors (Lipinski definition) is 4. The zero-order chi connectivity index (χ0) is 27.8. The van der Waals surface area contributed by atoms with Crippen LogP contribution >= 0.6 is 0 Å². The van der Waals surface area contributed by atoms with Crippen molar-refractivity contribution in [3.63, 3.8) is 0 Å². The predicted octanol–water partition coefficient (Wildman–Crippen LogP) is 7.53.